The molecule has 328 valence electrons. The van der Waals surface area contributed by atoms with E-state index < -0.39 is 118 Å². The molecule has 16 heteroatoms. The summed E-state index contributed by atoms with van der Waals surface area (Å²) in [5, 5.41) is 38.7. The van der Waals surface area contributed by atoms with Crippen molar-refractivity contribution in [2.24, 2.45) is 22.7 Å². The third-order valence-electron chi connectivity index (χ3n) is 13.6. The summed E-state index contributed by atoms with van der Waals surface area (Å²) in [5.74, 6) is -5.93. The summed E-state index contributed by atoms with van der Waals surface area (Å²) in [6, 6.07) is 14.5. The number of hydrogen-bond acceptors (Lipinski definition) is 15. The lowest BCUT2D eigenvalue weighted by Gasteiger charge is -2.68. The molecule has 4 aliphatic carbocycles. The highest BCUT2D eigenvalue weighted by molar-refractivity contribution is 5.94. The van der Waals surface area contributed by atoms with Crippen molar-refractivity contribution in [2.45, 2.75) is 134 Å². The van der Waals surface area contributed by atoms with Gasteiger partial charge in [0.2, 0.25) is 5.60 Å². The van der Waals surface area contributed by atoms with Crippen LogP contribution in [0.25, 0.3) is 0 Å². The first-order valence-electron chi connectivity index (χ1n) is 20.4. The Morgan fingerprint density at radius 2 is 1.56 bits per heavy atom. The number of esters is 3. The Hall–Kier alpha value is -5.32. The molecular formula is C45H53NO15. The molecule has 0 aromatic heterocycles. The number of fused-ring (bicyclic) bond motifs is 4. The predicted octanol–water partition coefficient (Wildman–Crippen LogP) is 4.42. The highest BCUT2D eigenvalue weighted by atomic mass is 16.8. The van der Waals surface area contributed by atoms with Gasteiger partial charge in [0, 0.05) is 18.3 Å². The van der Waals surface area contributed by atoms with Gasteiger partial charge in [-0.1, -0.05) is 62.4 Å². The van der Waals surface area contributed by atoms with Crippen molar-refractivity contribution < 1.29 is 72.5 Å². The van der Waals surface area contributed by atoms with Crippen LogP contribution in [0.2, 0.25) is 0 Å². The molecule has 0 radical (unpaired) electrons. The van der Waals surface area contributed by atoms with Gasteiger partial charge in [-0.15, -0.1) is 0 Å². The molecule has 4 fully saturated rings. The third kappa shape index (κ3) is 6.86. The van der Waals surface area contributed by atoms with E-state index in [0.717, 1.165) is 0 Å². The lowest BCUT2D eigenvalue weighted by atomic mass is 9.40. The van der Waals surface area contributed by atoms with Gasteiger partial charge in [0.1, 0.15) is 17.3 Å². The lowest BCUT2D eigenvalue weighted by molar-refractivity contribution is -0.296. The van der Waals surface area contributed by atoms with Crippen molar-refractivity contribution in [1.82, 2.24) is 5.32 Å². The molecule has 7 rings (SSSR count). The van der Waals surface area contributed by atoms with Crippen LogP contribution < -0.4 is 5.32 Å². The SMILES string of the molecule is CC(=O)O[C@@]12CC[C@@H]1C[C@H](O)[C@@]1(C)C(=O)[C@H](O)C3=C(C)[C@@H](OC(=O)[C@H](O)[C@@H](NC(=O)OC(C)(C)C)c4ccccc4)[C@@H]4OC(=O)O[C@]4([C@@H](OC(=O)c4ccccc4)[C@H]21)C3(C)C. The van der Waals surface area contributed by atoms with E-state index in [1.807, 2.05) is 0 Å². The average Bonchev–Trinajstić information content (AvgIpc) is 3.55. The van der Waals surface area contributed by atoms with Crippen molar-refractivity contribution in [3.05, 3.63) is 82.9 Å². The lowest BCUT2D eigenvalue weighted by Crippen LogP contribution is -2.80. The standard InChI is InChI=1S/C45H53NO15/c1-22-28-30(49)34(51)43(8)27(48)21-26-19-20-44(26,59-23(2)47)33(43)36(57-37(52)25-17-13-10-14-18-25)45(42(28,6)7)35(58-40(55)61-45)32(22)56-38(53)31(50)29(24-15-11-9-12-16-24)46-39(54)60-41(3,4)5/h9-18,26-27,29-33,35-36,48-50H,19-21H2,1-8H3,(H,46,54)/t26-,27+,29+,30-,31-,32-,33+,35+,36+,43-,44+,45-/m1/s1. The number of carbonyl (C=O) groups is 6. The highest BCUT2D eigenvalue weighted by Gasteiger charge is 2.82. The molecule has 1 heterocycles. The van der Waals surface area contributed by atoms with Gasteiger partial charge in [0.05, 0.1) is 29.0 Å². The minimum Gasteiger partial charge on any atom is -0.458 e. The van der Waals surface area contributed by atoms with Gasteiger partial charge >= 0.3 is 30.2 Å². The normalized spacial score (nSPS) is 34.5. The number of hydrogen-bond donors (Lipinski definition) is 4. The van der Waals surface area contributed by atoms with E-state index in [1.165, 1.54) is 32.9 Å². The van der Waals surface area contributed by atoms with E-state index in [1.54, 1.807) is 83.1 Å². The second-order valence-electron chi connectivity index (χ2n) is 18.5. The Balaban J connectivity index is 1.42. The van der Waals surface area contributed by atoms with Gasteiger partial charge < -0.3 is 49.1 Å². The zero-order valence-corrected chi connectivity index (χ0v) is 35.3. The van der Waals surface area contributed by atoms with Crippen molar-refractivity contribution >= 4 is 35.9 Å². The van der Waals surface area contributed by atoms with Crippen LogP contribution in [0.3, 0.4) is 0 Å². The van der Waals surface area contributed by atoms with Crippen LogP contribution in [0.4, 0.5) is 9.59 Å². The summed E-state index contributed by atoms with van der Waals surface area (Å²) < 4.78 is 36.4. The second-order valence-corrected chi connectivity index (χ2v) is 18.5. The predicted molar refractivity (Wildman–Crippen MR) is 211 cm³/mol. The fourth-order valence-corrected chi connectivity index (χ4v) is 10.8. The van der Waals surface area contributed by atoms with Gasteiger partial charge in [-0.3, -0.25) is 9.59 Å². The monoisotopic (exact) mass is 847 g/mol. The summed E-state index contributed by atoms with van der Waals surface area (Å²) in [7, 11) is 0. The third-order valence-corrected chi connectivity index (χ3v) is 13.6. The van der Waals surface area contributed by atoms with Crippen molar-refractivity contribution in [2.75, 3.05) is 0 Å². The van der Waals surface area contributed by atoms with Gasteiger partial charge in [-0.25, -0.2) is 19.2 Å². The van der Waals surface area contributed by atoms with E-state index >= 15 is 4.79 Å². The minimum absolute atomic E-state index is 0.00965. The van der Waals surface area contributed by atoms with Crippen molar-refractivity contribution in [1.29, 1.82) is 0 Å². The van der Waals surface area contributed by atoms with Gasteiger partial charge in [-0.05, 0) is 82.7 Å². The summed E-state index contributed by atoms with van der Waals surface area (Å²) in [4.78, 5) is 83.9. The smallest absolute Gasteiger partial charge is 0.458 e. The number of amides is 1. The quantitative estimate of drug-likeness (QED) is 0.164. The molecule has 1 spiro atoms. The Bertz CT molecular complexity index is 2150. The fraction of sp³-hybridized carbons (Fsp3) is 0.556. The first-order chi connectivity index (χ1) is 28.5. The number of ether oxygens (including phenoxy) is 6. The molecule has 2 aromatic rings. The first kappa shape index (κ1) is 43.8. The molecule has 61 heavy (non-hydrogen) atoms. The maximum atomic E-state index is 15.2. The first-order valence-corrected chi connectivity index (χ1v) is 20.4. The average molecular weight is 848 g/mol. The molecule has 16 nitrogen and oxygen atoms in total. The highest BCUT2D eigenvalue weighted by Crippen LogP contribution is 2.69. The Labute approximate surface area is 352 Å². The van der Waals surface area contributed by atoms with Crippen LogP contribution in [0.5, 0.6) is 0 Å². The zero-order valence-electron chi connectivity index (χ0n) is 35.3. The Morgan fingerprint density at radius 1 is 0.934 bits per heavy atom. The molecule has 4 N–H and O–H groups in total. The number of ketones is 1. The molecule has 3 saturated carbocycles. The number of benzene rings is 2. The molecular weight excluding hydrogens is 794 g/mol. The van der Waals surface area contributed by atoms with Gasteiger partial charge in [0.15, 0.2) is 30.2 Å². The number of carbonyl (C=O) groups excluding carboxylic acids is 6. The molecule has 1 amide bonds. The minimum atomic E-state index is -2.29. The largest absolute Gasteiger partial charge is 0.509 e. The Morgan fingerprint density at radius 3 is 2.13 bits per heavy atom. The number of nitrogens with one attached hydrogen (secondary N) is 1. The number of aliphatic hydroxyl groups is 3. The second kappa shape index (κ2) is 15.2. The molecule has 12 atom stereocenters. The van der Waals surface area contributed by atoms with Crippen LogP contribution in [-0.4, -0.2) is 105 Å². The molecule has 2 bridgehead atoms. The maximum Gasteiger partial charge on any atom is 0.509 e. The molecule has 1 aliphatic heterocycles. The Kier molecular flexibility index (Phi) is 10.9. The number of Topliss-reactive ketones (excluding diaryl/α,β-unsaturated/α-hetero) is 1. The number of alkyl carbamates (subject to hydrolysis) is 1. The molecule has 5 aliphatic rings. The van der Waals surface area contributed by atoms with Crippen molar-refractivity contribution in [3.63, 3.8) is 0 Å². The van der Waals surface area contributed by atoms with Crippen LogP contribution in [-0.2, 0) is 42.8 Å². The van der Waals surface area contributed by atoms with Gasteiger partial charge in [0.25, 0.3) is 0 Å². The number of rotatable bonds is 8. The maximum absolute atomic E-state index is 15.2. The molecule has 2 aromatic carbocycles. The molecule has 1 saturated heterocycles. The van der Waals surface area contributed by atoms with Crippen LogP contribution >= 0.6 is 0 Å². The van der Waals surface area contributed by atoms with E-state index in [9.17, 15) is 39.3 Å². The van der Waals surface area contributed by atoms with Crippen LogP contribution in [0, 0.1) is 22.7 Å². The summed E-state index contributed by atoms with van der Waals surface area (Å²) >= 11 is 0. The van der Waals surface area contributed by atoms with Crippen molar-refractivity contribution in [3.8, 4) is 0 Å². The van der Waals surface area contributed by atoms with E-state index in [-0.39, 0.29) is 29.6 Å². The summed E-state index contributed by atoms with van der Waals surface area (Å²) in [6.07, 6.45) is -12.5. The number of aliphatic hydroxyl groups excluding tert-OH is 3. The zero-order chi connectivity index (χ0) is 44.6. The summed E-state index contributed by atoms with van der Waals surface area (Å²) in [6.45, 7) is 12.1. The van der Waals surface area contributed by atoms with Crippen LogP contribution in [0.1, 0.15) is 96.6 Å². The molecule has 0 unspecified atom stereocenters. The van der Waals surface area contributed by atoms with E-state index in [4.69, 9.17) is 28.4 Å². The topological polar surface area (TPSA) is 231 Å². The van der Waals surface area contributed by atoms with Gasteiger partial charge in [-0.2, -0.15) is 0 Å². The van der Waals surface area contributed by atoms with E-state index in [0.29, 0.717) is 12.0 Å². The fourth-order valence-electron chi connectivity index (χ4n) is 10.8. The van der Waals surface area contributed by atoms with Crippen LogP contribution in [0.15, 0.2) is 71.8 Å². The van der Waals surface area contributed by atoms with E-state index in [2.05, 4.69) is 5.32 Å². The summed E-state index contributed by atoms with van der Waals surface area (Å²) in [5.41, 5.74) is -8.22.